The number of nitrogens with zero attached hydrogens (tertiary/aromatic N) is 2. The van der Waals surface area contributed by atoms with Gasteiger partial charge in [-0.25, -0.2) is 4.68 Å². The summed E-state index contributed by atoms with van der Waals surface area (Å²) in [6.45, 7) is 0. The second kappa shape index (κ2) is 8.10. The van der Waals surface area contributed by atoms with Gasteiger partial charge in [-0.2, -0.15) is 5.10 Å². The zero-order chi connectivity index (χ0) is 20.2. The zero-order valence-corrected chi connectivity index (χ0v) is 16.1. The molecule has 1 heterocycles. The summed E-state index contributed by atoms with van der Waals surface area (Å²) in [6.07, 6.45) is 0.653. The summed E-state index contributed by atoms with van der Waals surface area (Å²) in [4.78, 5) is 25.6. The molecule has 0 radical (unpaired) electrons. The first-order chi connectivity index (χ1) is 14.1. The van der Waals surface area contributed by atoms with Crippen LogP contribution >= 0.6 is 0 Å². The van der Waals surface area contributed by atoms with E-state index >= 15 is 0 Å². The minimum atomic E-state index is -0.304. The van der Waals surface area contributed by atoms with Gasteiger partial charge in [0.05, 0.1) is 11.4 Å². The predicted molar refractivity (Wildman–Crippen MR) is 114 cm³/mol. The Kier molecular flexibility index (Phi) is 5.20. The van der Waals surface area contributed by atoms with E-state index in [1.54, 1.807) is 31.3 Å². The minimum absolute atomic E-state index is 0.219. The average molecular weight is 383 g/mol. The van der Waals surface area contributed by atoms with E-state index < -0.39 is 0 Å². The van der Waals surface area contributed by atoms with Gasteiger partial charge in [-0.1, -0.05) is 78.9 Å². The molecule has 5 nitrogen and oxygen atoms in total. The number of nitrogens with one attached hydrogen (secondary N) is 1. The van der Waals surface area contributed by atoms with Crippen molar-refractivity contribution in [2.24, 2.45) is 7.05 Å². The van der Waals surface area contributed by atoms with Crippen molar-refractivity contribution in [3.05, 3.63) is 112 Å². The number of hydrogen-bond acceptors (Lipinski definition) is 3. The summed E-state index contributed by atoms with van der Waals surface area (Å²) >= 11 is 0. The molecule has 0 aliphatic heterocycles. The van der Waals surface area contributed by atoms with Crippen LogP contribution in [0.1, 0.15) is 27.7 Å². The predicted octanol–water partition coefficient (Wildman–Crippen LogP) is 3.65. The van der Waals surface area contributed by atoms with Crippen LogP contribution in [0.4, 0.5) is 0 Å². The van der Waals surface area contributed by atoms with Crippen molar-refractivity contribution in [2.45, 2.75) is 12.5 Å². The van der Waals surface area contributed by atoms with Crippen LogP contribution in [0, 0.1) is 0 Å². The molecule has 0 bridgehead atoms. The molecule has 1 N–H and O–H groups in total. The Morgan fingerprint density at radius 3 is 2.17 bits per heavy atom. The number of rotatable bonds is 5. The maximum atomic E-state index is 13.2. The molecular weight excluding hydrogens is 362 g/mol. The normalized spacial score (nSPS) is 11.9. The smallest absolute Gasteiger partial charge is 0.274 e. The van der Waals surface area contributed by atoms with E-state index in [9.17, 15) is 9.59 Å². The highest BCUT2D eigenvalue weighted by atomic mass is 16.2. The van der Waals surface area contributed by atoms with Crippen molar-refractivity contribution < 1.29 is 4.79 Å². The topological polar surface area (TPSA) is 64.0 Å². The fourth-order valence-electron chi connectivity index (χ4n) is 3.48. The number of fused-ring (bicyclic) bond motifs is 1. The number of carbonyl (C=O) groups is 1. The molecule has 0 fully saturated rings. The molecule has 29 heavy (non-hydrogen) atoms. The van der Waals surface area contributed by atoms with Crippen LogP contribution in [0.5, 0.6) is 0 Å². The molecule has 0 saturated carbocycles. The van der Waals surface area contributed by atoms with E-state index in [0.717, 1.165) is 11.1 Å². The molecule has 1 amide bonds. The van der Waals surface area contributed by atoms with Crippen molar-refractivity contribution >= 4 is 16.7 Å². The van der Waals surface area contributed by atoms with Gasteiger partial charge >= 0.3 is 0 Å². The first-order valence-corrected chi connectivity index (χ1v) is 9.49. The van der Waals surface area contributed by atoms with E-state index in [0.29, 0.717) is 17.2 Å². The van der Waals surface area contributed by atoms with Crippen LogP contribution in [0.25, 0.3) is 10.8 Å². The van der Waals surface area contributed by atoms with Crippen molar-refractivity contribution in [3.8, 4) is 0 Å². The Hall–Kier alpha value is -3.73. The molecule has 144 valence electrons. The minimum Gasteiger partial charge on any atom is -0.343 e. The summed E-state index contributed by atoms with van der Waals surface area (Å²) in [7, 11) is 1.56. The highest BCUT2D eigenvalue weighted by Crippen LogP contribution is 2.20. The van der Waals surface area contributed by atoms with E-state index in [1.807, 2.05) is 60.7 Å². The number of hydrogen-bond donors (Lipinski definition) is 1. The lowest BCUT2D eigenvalue weighted by Crippen LogP contribution is -2.33. The van der Waals surface area contributed by atoms with Gasteiger partial charge in [0.15, 0.2) is 5.69 Å². The average Bonchev–Trinajstić information content (AvgIpc) is 2.77. The van der Waals surface area contributed by atoms with Crippen LogP contribution in [-0.2, 0) is 13.5 Å². The Labute approximate surface area is 168 Å². The summed E-state index contributed by atoms with van der Waals surface area (Å²) in [5, 5.41) is 8.40. The first-order valence-electron chi connectivity index (χ1n) is 9.49. The Balaban J connectivity index is 1.71. The number of aryl methyl sites for hydroxylation is 1. The SMILES string of the molecule is Cn1nc(C(=O)NC(Cc2ccccc2)c2ccccc2)c2ccccc2c1=O. The number of amides is 1. The third-order valence-corrected chi connectivity index (χ3v) is 4.96. The van der Waals surface area contributed by atoms with Crippen molar-refractivity contribution in [1.82, 2.24) is 15.1 Å². The molecule has 1 unspecified atom stereocenters. The van der Waals surface area contributed by atoms with Crippen molar-refractivity contribution in [2.75, 3.05) is 0 Å². The van der Waals surface area contributed by atoms with Crippen LogP contribution in [0.15, 0.2) is 89.7 Å². The largest absolute Gasteiger partial charge is 0.343 e. The highest BCUT2D eigenvalue weighted by Gasteiger charge is 2.20. The van der Waals surface area contributed by atoms with Gasteiger partial charge in [0, 0.05) is 12.4 Å². The van der Waals surface area contributed by atoms with Gasteiger partial charge in [0.25, 0.3) is 11.5 Å². The van der Waals surface area contributed by atoms with Crippen LogP contribution < -0.4 is 10.9 Å². The van der Waals surface area contributed by atoms with Gasteiger partial charge in [0.1, 0.15) is 0 Å². The molecule has 3 aromatic carbocycles. The summed E-state index contributed by atoms with van der Waals surface area (Å²) in [5.41, 5.74) is 2.16. The fraction of sp³-hybridized carbons (Fsp3) is 0.125. The van der Waals surface area contributed by atoms with Crippen LogP contribution in [0.2, 0.25) is 0 Å². The molecule has 1 atom stereocenters. The molecule has 5 heteroatoms. The summed E-state index contributed by atoms with van der Waals surface area (Å²) in [6, 6.07) is 26.7. The molecule has 0 aliphatic rings. The van der Waals surface area contributed by atoms with Gasteiger partial charge in [0.2, 0.25) is 0 Å². The van der Waals surface area contributed by atoms with Gasteiger partial charge < -0.3 is 5.32 Å². The Bertz CT molecular complexity index is 1200. The summed E-state index contributed by atoms with van der Waals surface area (Å²) in [5.74, 6) is -0.304. The Morgan fingerprint density at radius 2 is 1.48 bits per heavy atom. The second-order valence-corrected chi connectivity index (χ2v) is 6.95. The van der Waals surface area contributed by atoms with Crippen molar-refractivity contribution in [1.29, 1.82) is 0 Å². The van der Waals surface area contributed by atoms with Crippen LogP contribution in [-0.4, -0.2) is 15.7 Å². The van der Waals surface area contributed by atoms with Gasteiger partial charge in [-0.05, 0) is 23.6 Å². The highest BCUT2D eigenvalue weighted by molar-refractivity contribution is 6.04. The van der Waals surface area contributed by atoms with Crippen molar-refractivity contribution in [3.63, 3.8) is 0 Å². The number of benzene rings is 3. The number of carbonyl (C=O) groups excluding carboxylic acids is 1. The zero-order valence-electron chi connectivity index (χ0n) is 16.1. The molecule has 4 aromatic rings. The first kappa shape index (κ1) is 18.6. The number of aromatic nitrogens is 2. The fourth-order valence-corrected chi connectivity index (χ4v) is 3.48. The quantitative estimate of drug-likeness (QED) is 0.572. The Morgan fingerprint density at radius 1 is 0.897 bits per heavy atom. The maximum Gasteiger partial charge on any atom is 0.274 e. The maximum absolute atomic E-state index is 13.2. The molecule has 0 spiro atoms. The lowest BCUT2D eigenvalue weighted by atomic mass is 9.98. The molecule has 4 rings (SSSR count). The third kappa shape index (κ3) is 3.94. The van der Waals surface area contributed by atoms with E-state index in [2.05, 4.69) is 10.4 Å². The van der Waals surface area contributed by atoms with Gasteiger partial charge in [-0.3, -0.25) is 9.59 Å². The van der Waals surface area contributed by atoms with E-state index in [1.165, 1.54) is 4.68 Å². The lowest BCUT2D eigenvalue weighted by Gasteiger charge is -2.20. The molecule has 1 aromatic heterocycles. The molecular formula is C24H21N3O2. The summed E-state index contributed by atoms with van der Waals surface area (Å²) < 4.78 is 1.21. The second-order valence-electron chi connectivity index (χ2n) is 6.95. The van der Waals surface area contributed by atoms with Crippen LogP contribution in [0.3, 0.4) is 0 Å². The monoisotopic (exact) mass is 383 g/mol. The standard InChI is InChI=1S/C24H21N3O2/c1-27-24(29)20-15-9-8-14-19(20)22(26-27)23(28)25-21(18-12-6-3-7-13-18)16-17-10-4-2-5-11-17/h2-15,21H,16H2,1H3,(H,25,28). The molecule has 0 aliphatic carbocycles. The third-order valence-electron chi connectivity index (χ3n) is 4.96. The van der Waals surface area contributed by atoms with E-state index in [-0.39, 0.29) is 23.2 Å². The molecule has 0 saturated heterocycles. The van der Waals surface area contributed by atoms with Gasteiger partial charge in [-0.15, -0.1) is 0 Å². The van der Waals surface area contributed by atoms with E-state index in [4.69, 9.17) is 0 Å². The lowest BCUT2D eigenvalue weighted by molar-refractivity contribution is 0.0931.